The third-order valence-electron chi connectivity index (χ3n) is 5.29. The number of nitrogens with zero attached hydrogens (tertiary/aromatic N) is 1. The smallest absolute Gasteiger partial charge is 0.227 e. The van der Waals surface area contributed by atoms with E-state index in [-0.39, 0.29) is 29.7 Å². The van der Waals surface area contributed by atoms with Gasteiger partial charge < -0.3 is 20.7 Å². The molecule has 1 aromatic rings. The quantitative estimate of drug-likeness (QED) is 0.824. The lowest BCUT2D eigenvalue weighted by molar-refractivity contribution is -0.127. The second kappa shape index (κ2) is 7.44. The molecule has 3 rings (SSSR count). The number of carbonyl (C=O) groups is 2. The summed E-state index contributed by atoms with van der Waals surface area (Å²) in [4.78, 5) is 26.9. The molecule has 1 unspecified atom stereocenters. The maximum Gasteiger partial charge on any atom is 0.227 e. The van der Waals surface area contributed by atoms with Gasteiger partial charge >= 0.3 is 0 Å². The minimum Gasteiger partial charge on any atom is -0.492 e. The van der Waals surface area contributed by atoms with Crippen LogP contribution in [0.25, 0.3) is 0 Å². The second-order valence-corrected chi connectivity index (χ2v) is 6.99. The Hall–Kier alpha value is -2.08. The van der Waals surface area contributed by atoms with Crippen LogP contribution in [-0.2, 0) is 9.59 Å². The highest BCUT2D eigenvalue weighted by molar-refractivity contribution is 6.01. The summed E-state index contributed by atoms with van der Waals surface area (Å²) in [6.45, 7) is 3.28. The number of hydrogen-bond donors (Lipinski definition) is 2. The van der Waals surface area contributed by atoms with Crippen molar-refractivity contribution in [1.29, 1.82) is 0 Å². The summed E-state index contributed by atoms with van der Waals surface area (Å²) in [5.74, 6) is 0.234. The lowest BCUT2D eigenvalue weighted by Crippen LogP contribution is -2.53. The Balaban J connectivity index is 1.71. The molecule has 1 saturated heterocycles. The van der Waals surface area contributed by atoms with Crippen LogP contribution in [0.1, 0.15) is 39.0 Å². The van der Waals surface area contributed by atoms with E-state index in [0.29, 0.717) is 25.4 Å². The fourth-order valence-corrected chi connectivity index (χ4v) is 3.87. The predicted octanol–water partition coefficient (Wildman–Crippen LogP) is 1.83. The molecule has 3 N–H and O–H groups in total. The molecule has 1 aliphatic carbocycles. The lowest BCUT2D eigenvalue weighted by atomic mass is 9.96. The highest BCUT2D eigenvalue weighted by Crippen LogP contribution is 2.34. The fourth-order valence-electron chi connectivity index (χ4n) is 3.87. The van der Waals surface area contributed by atoms with Gasteiger partial charge in [0, 0.05) is 19.5 Å². The molecular weight excluding hydrogens is 318 g/mol. The molecule has 1 aliphatic heterocycles. The molecule has 1 aromatic carbocycles. The zero-order chi connectivity index (χ0) is 17.9. The van der Waals surface area contributed by atoms with E-state index in [1.54, 1.807) is 4.90 Å². The summed E-state index contributed by atoms with van der Waals surface area (Å²) < 4.78 is 5.62. The highest BCUT2D eigenvalue weighted by Gasteiger charge is 2.40. The molecule has 0 aromatic heterocycles. The molecule has 2 amide bonds. The lowest BCUT2D eigenvalue weighted by Gasteiger charge is -2.30. The van der Waals surface area contributed by atoms with Crippen molar-refractivity contribution >= 4 is 17.5 Å². The van der Waals surface area contributed by atoms with E-state index in [9.17, 15) is 9.59 Å². The minimum absolute atomic E-state index is 0.0412. The third kappa shape index (κ3) is 3.63. The minimum atomic E-state index is -0.341. The van der Waals surface area contributed by atoms with Crippen molar-refractivity contribution in [1.82, 2.24) is 5.32 Å². The summed E-state index contributed by atoms with van der Waals surface area (Å²) in [5.41, 5.74) is 6.36. The number of amides is 2. The molecule has 6 heteroatoms. The Kier molecular flexibility index (Phi) is 5.27. The Bertz CT molecular complexity index is 641. The van der Waals surface area contributed by atoms with Crippen LogP contribution in [0, 0.1) is 5.92 Å². The van der Waals surface area contributed by atoms with Gasteiger partial charge in [-0.15, -0.1) is 0 Å². The number of ether oxygens (including phenoxy) is 1. The Morgan fingerprint density at radius 3 is 2.76 bits per heavy atom. The summed E-state index contributed by atoms with van der Waals surface area (Å²) in [6, 6.07) is 7.47. The van der Waals surface area contributed by atoms with Crippen LogP contribution < -0.4 is 20.7 Å². The highest BCUT2D eigenvalue weighted by atomic mass is 16.5. The van der Waals surface area contributed by atoms with Gasteiger partial charge in [-0.2, -0.15) is 0 Å². The van der Waals surface area contributed by atoms with Gasteiger partial charge in [0.05, 0.1) is 23.8 Å². The Morgan fingerprint density at radius 2 is 2.08 bits per heavy atom. The largest absolute Gasteiger partial charge is 0.492 e. The van der Waals surface area contributed by atoms with Crippen molar-refractivity contribution < 1.29 is 14.3 Å². The van der Waals surface area contributed by atoms with E-state index in [2.05, 4.69) is 5.32 Å². The Labute approximate surface area is 148 Å². The number of anilines is 1. The molecule has 0 bridgehead atoms. The van der Waals surface area contributed by atoms with Crippen molar-refractivity contribution in [3.8, 4) is 5.75 Å². The summed E-state index contributed by atoms with van der Waals surface area (Å²) >= 11 is 0. The maximum atomic E-state index is 12.7. The molecule has 0 spiro atoms. The first-order valence-corrected chi connectivity index (χ1v) is 9.13. The number of carbonyl (C=O) groups excluding carboxylic acids is 2. The van der Waals surface area contributed by atoms with E-state index < -0.39 is 0 Å². The first-order valence-electron chi connectivity index (χ1n) is 9.13. The van der Waals surface area contributed by atoms with Crippen LogP contribution >= 0.6 is 0 Å². The average molecular weight is 345 g/mol. The molecule has 1 heterocycles. The molecule has 1 saturated carbocycles. The van der Waals surface area contributed by atoms with Gasteiger partial charge in [0.15, 0.2) is 0 Å². The topological polar surface area (TPSA) is 84.7 Å². The first-order chi connectivity index (χ1) is 12.1. The van der Waals surface area contributed by atoms with Crippen molar-refractivity contribution in [3.05, 3.63) is 24.3 Å². The molecule has 6 nitrogen and oxygen atoms in total. The number of nitrogens with two attached hydrogens (primary N) is 1. The van der Waals surface area contributed by atoms with Crippen LogP contribution in [0.5, 0.6) is 5.75 Å². The second-order valence-electron chi connectivity index (χ2n) is 6.99. The van der Waals surface area contributed by atoms with Gasteiger partial charge in [0.1, 0.15) is 5.75 Å². The summed E-state index contributed by atoms with van der Waals surface area (Å²) in [5, 5.41) is 3.14. The molecule has 2 fully saturated rings. The van der Waals surface area contributed by atoms with Gasteiger partial charge in [-0.1, -0.05) is 25.0 Å². The monoisotopic (exact) mass is 345 g/mol. The van der Waals surface area contributed by atoms with Crippen LogP contribution in [0.3, 0.4) is 0 Å². The van der Waals surface area contributed by atoms with E-state index in [4.69, 9.17) is 10.5 Å². The number of hydrogen-bond acceptors (Lipinski definition) is 4. The number of para-hydroxylation sites is 2. The zero-order valence-electron chi connectivity index (χ0n) is 14.8. The predicted molar refractivity (Wildman–Crippen MR) is 96.5 cm³/mol. The van der Waals surface area contributed by atoms with Crippen molar-refractivity contribution in [2.75, 3.05) is 24.6 Å². The molecule has 1 atom stereocenters. The van der Waals surface area contributed by atoms with E-state index in [1.807, 2.05) is 31.2 Å². The van der Waals surface area contributed by atoms with Crippen LogP contribution in [0.15, 0.2) is 24.3 Å². The number of nitrogens with one attached hydrogen (secondary N) is 1. The van der Waals surface area contributed by atoms with E-state index in [0.717, 1.165) is 31.4 Å². The standard InChI is InChI=1S/C19H27N3O3/c1-2-25-16-8-4-3-7-15(16)22-12-14(11-17(22)23)18(24)21-19(13-20)9-5-6-10-19/h3-4,7-8,14H,2,5-6,9-13,20H2,1H3,(H,21,24). The van der Waals surface area contributed by atoms with Crippen LogP contribution in [0.2, 0.25) is 0 Å². The maximum absolute atomic E-state index is 12.7. The van der Waals surface area contributed by atoms with Crippen molar-refractivity contribution in [2.24, 2.45) is 11.7 Å². The van der Waals surface area contributed by atoms with Crippen LogP contribution in [0.4, 0.5) is 5.69 Å². The van der Waals surface area contributed by atoms with Gasteiger partial charge in [0.2, 0.25) is 11.8 Å². The first kappa shape index (κ1) is 17.7. The van der Waals surface area contributed by atoms with E-state index >= 15 is 0 Å². The SMILES string of the molecule is CCOc1ccccc1N1CC(C(=O)NC2(CN)CCCC2)CC1=O. The third-order valence-corrected chi connectivity index (χ3v) is 5.29. The van der Waals surface area contributed by atoms with Crippen LogP contribution in [-0.4, -0.2) is 37.0 Å². The number of benzene rings is 1. The van der Waals surface area contributed by atoms with Gasteiger partial charge in [0.25, 0.3) is 0 Å². The fraction of sp³-hybridized carbons (Fsp3) is 0.579. The van der Waals surface area contributed by atoms with Gasteiger partial charge in [-0.05, 0) is 31.9 Å². The van der Waals surface area contributed by atoms with Crippen molar-refractivity contribution in [3.63, 3.8) is 0 Å². The molecule has 2 aliphatic rings. The van der Waals surface area contributed by atoms with Gasteiger partial charge in [-0.25, -0.2) is 0 Å². The molecule has 25 heavy (non-hydrogen) atoms. The summed E-state index contributed by atoms with van der Waals surface area (Å²) in [6.07, 6.45) is 4.26. The van der Waals surface area contributed by atoms with Gasteiger partial charge in [-0.3, -0.25) is 9.59 Å². The summed E-state index contributed by atoms with van der Waals surface area (Å²) in [7, 11) is 0. The molecule has 0 radical (unpaired) electrons. The average Bonchev–Trinajstić information content (AvgIpc) is 3.23. The van der Waals surface area contributed by atoms with Crippen molar-refractivity contribution in [2.45, 2.75) is 44.6 Å². The van der Waals surface area contributed by atoms with E-state index in [1.165, 1.54) is 0 Å². The molecule has 136 valence electrons. The normalized spacial score (nSPS) is 22.2. The number of rotatable bonds is 6. The molecular formula is C19H27N3O3. The Morgan fingerprint density at radius 1 is 1.36 bits per heavy atom. The zero-order valence-corrected chi connectivity index (χ0v) is 14.8.